The molecule has 30 heavy (non-hydrogen) atoms. The summed E-state index contributed by atoms with van der Waals surface area (Å²) in [7, 11) is -2.28. The van der Waals surface area contributed by atoms with Crippen molar-refractivity contribution in [3.05, 3.63) is 53.6 Å². The minimum atomic E-state index is -3.75. The van der Waals surface area contributed by atoms with Gasteiger partial charge in [0.05, 0.1) is 25.1 Å². The lowest BCUT2D eigenvalue weighted by Gasteiger charge is -2.30. The number of nitrogens with zero attached hydrogens (tertiary/aromatic N) is 1. The molecule has 1 amide bonds. The number of hydrogen-bond acceptors (Lipinski definition) is 5. The van der Waals surface area contributed by atoms with Crippen molar-refractivity contribution >= 4 is 21.6 Å². The molecule has 0 bridgehead atoms. The molecule has 2 unspecified atom stereocenters. The molecule has 0 saturated heterocycles. The van der Waals surface area contributed by atoms with E-state index < -0.39 is 22.0 Å². The second-order valence-corrected chi connectivity index (χ2v) is 9.30. The van der Waals surface area contributed by atoms with Gasteiger partial charge in [0.15, 0.2) is 0 Å². The maximum atomic E-state index is 12.8. The largest absolute Gasteiger partial charge is 0.495 e. The Balaban J connectivity index is 2.14. The zero-order chi connectivity index (χ0) is 22.5. The Morgan fingerprint density at radius 2 is 1.67 bits per heavy atom. The highest BCUT2D eigenvalue weighted by Crippen LogP contribution is 2.32. The third kappa shape index (κ3) is 6.13. The van der Waals surface area contributed by atoms with Crippen LogP contribution in [0.5, 0.6) is 11.5 Å². The fraction of sp³-hybridized carbons (Fsp3) is 0.409. The van der Waals surface area contributed by atoms with Gasteiger partial charge in [-0.15, -0.1) is 0 Å². The van der Waals surface area contributed by atoms with E-state index in [9.17, 15) is 13.2 Å². The summed E-state index contributed by atoms with van der Waals surface area (Å²) >= 11 is 0. The molecule has 0 heterocycles. The number of sulfonamides is 1. The van der Waals surface area contributed by atoms with Gasteiger partial charge in [0.1, 0.15) is 24.1 Å². The summed E-state index contributed by atoms with van der Waals surface area (Å²) < 4.78 is 37.2. The van der Waals surface area contributed by atoms with Gasteiger partial charge in [-0.05, 0) is 57.5 Å². The molecular formula is C22H30N2O5S. The Bertz CT molecular complexity index is 974. The summed E-state index contributed by atoms with van der Waals surface area (Å²) in [5, 5.41) is 2.82. The Kier molecular flexibility index (Phi) is 7.72. The number of rotatable bonds is 9. The second kappa shape index (κ2) is 9.84. The molecule has 0 aromatic heterocycles. The fourth-order valence-corrected chi connectivity index (χ4v) is 4.18. The van der Waals surface area contributed by atoms with Gasteiger partial charge >= 0.3 is 0 Å². The van der Waals surface area contributed by atoms with Crippen LogP contribution in [0.3, 0.4) is 0 Å². The predicted molar refractivity (Wildman–Crippen MR) is 119 cm³/mol. The van der Waals surface area contributed by atoms with E-state index in [1.165, 1.54) is 7.11 Å². The van der Waals surface area contributed by atoms with Crippen LogP contribution < -0.4 is 19.1 Å². The van der Waals surface area contributed by atoms with E-state index >= 15 is 0 Å². The third-order valence-corrected chi connectivity index (χ3v) is 5.80. The van der Waals surface area contributed by atoms with E-state index in [2.05, 4.69) is 5.32 Å². The summed E-state index contributed by atoms with van der Waals surface area (Å²) in [6, 6.07) is 11.5. The van der Waals surface area contributed by atoms with Crippen LogP contribution in [0.1, 0.15) is 25.0 Å². The van der Waals surface area contributed by atoms with Gasteiger partial charge in [0.25, 0.3) is 0 Å². The van der Waals surface area contributed by atoms with Crippen LogP contribution in [0.4, 0.5) is 5.69 Å². The van der Waals surface area contributed by atoms with Gasteiger partial charge < -0.3 is 14.8 Å². The molecule has 0 radical (unpaired) electrons. The van der Waals surface area contributed by atoms with E-state index in [0.29, 0.717) is 17.2 Å². The normalized spacial score (nSPS) is 13.3. The summed E-state index contributed by atoms with van der Waals surface area (Å²) in [6.07, 6.45) is 1.07. The predicted octanol–water partition coefficient (Wildman–Crippen LogP) is 3.05. The number of amides is 1. The van der Waals surface area contributed by atoms with Gasteiger partial charge in [-0.1, -0.05) is 23.8 Å². The zero-order valence-corrected chi connectivity index (χ0v) is 19.1. The van der Waals surface area contributed by atoms with E-state index in [1.807, 2.05) is 44.2 Å². The van der Waals surface area contributed by atoms with E-state index in [0.717, 1.165) is 21.7 Å². The number of aryl methyl sites for hydroxylation is 2. The molecule has 7 nitrogen and oxygen atoms in total. The summed E-state index contributed by atoms with van der Waals surface area (Å²) in [5.41, 5.74) is 2.31. The molecule has 0 aliphatic heterocycles. The average Bonchev–Trinajstić information content (AvgIpc) is 2.66. The first-order valence-electron chi connectivity index (χ1n) is 9.66. The Hall–Kier alpha value is -2.74. The lowest BCUT2D eigenvalue weighted by atomic mass is 10.2. The van der Waals surface area contributed by atoms with Crippen molar-refractivity contribution in [1.29, 1.82) is 0 Å². The van der Waals surface area contributed by atoms with Crippen LogP contribution in [-0.2, 0) is 14.8 Å². The lowest BCUT2D eigenvalue weighted by Crippen LogP contribution is -2.51. The average molecular weight is 435 g/mol. The molecule has 164 valence electrons. The van der Waals surface area contributed by atoms with Crippen LogP contribution in [-0.4, -0.2) is 46.4 Å². The first kappa shape index (κ1) is 23.5. The SMILES string of the molecule is COc1ccc(C)cc1N(C(C)C(=O)NC(C)COc1ccc(C)cc1)S(C)(=O)=O. The van der Waals surface area contributed by atoms with Gasteiger partial charge in [-0.3, -0.25) is 9.10 Å². The molecule has 0 fully saturated rings. The monoisotopic (exact) mass is 434 g/mol. The Morgan fingerprint density at radius 3 is 2.23 bits per heavy atom. The number of benzene rings is 2. The molecule has 0 saturated carbocycles. The van der Waals surface area contributed by atoms with Gasteiger partial charge in [-0.25, -0.2) is 8.42 Å². The van der Waals surface area contributed by atoms with E-state index in [4.69, 9.17) is 9.47 Å². The van der Waals surface area contributed by atoms with Crippen molar-refractivity contribution in [2.45, 2.75) is 39.8 Å². The van der Waals surface area contributed by atoms with Gasteiger partial charge in [0.2, 0.25) is 15.9 Å². The molecule has 2 atom stereocenters. The maximum Gasteiger partial charge on any atom is 0.243 e. The molecule has 2 aromatic rings. The van der Waals surface area contributed by atoms with Gasteiger partial charge in [-0.2, -0.15) is 0 Å². The minimum absolute atomic E-state index is 0.258. The summed E-state index contributed by atoms with van der Waals surface area (Å²) in [5.74, 6) is 0.655. The molecule has 2 rings (SSSR count). The van der Waals surface area contributed by atoms with Crippen molar-refractivity contribution in [1.82, 2.24) is 5.32 Å². The third-order valence-electron chi connectivity index (χ3n) is 4.57. The number of anilines is 1. The van der Waals surface area contributed by atoms with Crippen molar-refractivity contribution in [3.63, 3.8) is 0 Å². The van der Waals surface area contributed by atoms with Crippen molar-refractivity contribution in [2.75, 3.05) is 24.3 Å². The van der Waals surface area contributed by atoms with Crippen LogP contribution in [0.15, 0.2) is 42.5 Å². The highest BCUT2D eigenvalue weighted by Gasteiger charge is 2.31. The lowest BCUT2D eigenvalue weighted by molar-refractivity contribution is -0.122. The second-order valence-electron chi connectivity index (χ2n) is 7.44. The molecule has 0 aliphatic rings. The smallest absolute Gasteiger partial charge is 0.243 e. The van der Waals surface area contributed by atoms with Crippen molar-refractivity contribution in [2.24, 2.45) is 0 Å². The summed E-state index contributed by atoms with van der Waals surface area (Å²) in [4.78, 5) is 12.8. The maximum absolute atomic E-state index is 12.8. The number of carbonyl (C=O) groups excluding carboxylic acids is 1. The van der Waals surface area contributed by atoms with Crippen molar-refractivity contribution < 1.29 is 22.7 Å². The first-order valence-corrected chi connectivity index (χ1v) is 11.5. The summed E-state index contributed by atoms with van der Waals surface area (Å²) in [6.45, 7) is 7.44. The topological polar surface area (TPSA) is 84.9 Å². The van der Waals surface area contributed by atoms with Crippen molar-refractivity contribution in [3.8, 4) is 11.5 Å². The standard InChI is InChI=1S/C22H30N2O5S/c1-15-7-10-19(11-8-15)29-14-17(3)23-22(25)18(4)24(30(6,26)27)20-13-16(2)9-12-21(20)28-5/h7-13,17-18H,14H2,1-6H3,(H,23,25). The van der Waals surface area contributed by atoms with E-state index in [-0.39, 0.29) is 12.6 Å². The Morgan fingerprint density at radius 1 is 1.07 bits per heavy atom. The highest BCUT2D eigenvalue weighted by atomic mass is 32.2. The van der Waals surface area contributed by atoms with Gasteiger partial charge in [0, 0.05) is 0 Å². The first-order chi connectivity index (χ1) is 14.0. The number of hydrogen-bond donors (Lipinski definition) is 1. The van der Waals surface area contributed by atoms with Crippen LogP contribution in [0.2, 0.25) is 0 Å². The fourth-order valence-electron chi connectivity index (χ4n) is 3.01. The minimum Gasteiger partial charge on any atom is -0.495 e. The zero-order valence-electron chi connectivity index (χ0n) is 18.3. The number of methoxy groups -OCH3 is 1. The number of nitrogens with one attached hydrogen (secondary N) is 1. The number of ether oxygens (including phenoxy) is 2. The molecule has 8 heteroatoms. The van der Waals surface area contributed by atoms with Crippen LogP contribution >= 0.6 is 0 Å². The molecule has 0 spiro atoms. The van der Waals surface area contributed by atoms with E-state index in [1.54, 1.807) is 26.0 Å². The molecule has 2 aromatic carbocycles. The Labute approximate surface area is 179 Å². The number of carbonyl (C=O) groups is 1. The quantitative estimate of drug-likeness (QED) is 0.656. The molecule has 0 aliphatic carbocycles. The molecule has 1 N–H and O–H groups in total. The van der Waals surface area contributed by atoms with Crippen LogP contribution in [0, 0.1) is 13.8 Å². The molecular weight excluding hydrogens is 404 g/mol. The van der Waals surface area contributed by atoms with Crippen LogP contribution in [0.25, 0.3) is 0 Å². The highest BCUT2D eigenvalue weighted by molar-refractivity contribution is 7.92.